The Morgan fingerprint density at radius 1 is 1.12 bits per heavy atom. The summed E-state index contributed by atoms with van der Waals surface area (Å²) < 4.78 is 13.2. The first-order valence-electron chi connectivity index (χ1n) is 7.51. The van der Waals surface area contributed by atoms with E-state index in [0.29, 0.717) is 11.3 Å². The van der Waals surface area contributed by atoms with Crippen LogP contribution in [-0.4, -0.2) is 28.9 Å². The molecule has 2 aromatic rings. The SMILES string of the molecule is CC(=O)Nc1cccc(C(=O)N[C@H](Cc2cccc(F)c2)C(=O)O)c1. The highest BCUT2D eigenvalue weighted by molar-refractivity contribution is 5.98. The molecular formula is C18H17FN2O4. The van der Waals surface area contributed by atoms with Gasteiger partial charge >= 0.3 is 5.97 Å². The van der Waals surface area contributed by atoms with E-state index in [1.165, 1.54) is 37.3 Å². The topological polar surface area (TPSA) is 95.5 Å². The summed E-state index contributed by atoms with van der Waals surface area (Å²) in [6, 6.07) is 10.5. The van der Waals surface area contributed by atoms with Crippen molar-refractivity contribution in [3.8, 4) is 0 Å². The minimum Gasteiger partial charge on any atom is -0.480 e. The predicted octanol–water partition coefficient (Wildman–Crippen LogP) is 2.21. The molecule has 7 heteroatoms. The van der Waals surface area contributed by atoms with Gasteiger partial charge in [0.05, 0.1) is 0 Å². The maximum absolute atomic E-state index is 13.2. The van der Waals surface area contributed by atoms with E-state index in [1.807, 2.05) is 0 Å². The molecule has 2 aromatic carbocycles. The molecule has 0 unspecified atom stereocenters. The van der Waals surface area contributed by atoms with Gasteiger partial charge in [-0.1, -0.05) is 18.2 Å². The summed E-state index contributed by atoms with van der Waals surface area (Å²) in [5, 5.41) is 14.3. The van der Waals surface area contributed by atoms with Crippen molar-refractivity contribution >= 4 is 23.5 Å². The quantitative estimate of drug-likeness (QED) is 0.749. The van der Waals surface area contributed by atoms with Gasteiger partial charge in [0.25, 0.3) is 5.91 Å². The Labute approximate surface area is 143 Å². The van der Waals surface area contributed by atoms with Crippen LogP contribution in [0.4, 0.5) is 10.1 Å². The number of anilines is 1. The highest BCUT2D eigenvalue weighted by atomic mass is 19.1. The third kappa shape index (κ3) is 5.42. The van der Waals surface area contributed by atoms with Crippen LogP contribution in [0.25, 0.3) is 0 Å². The van der Waals surface area contributed by atoms with Gasteiger partial charge in [-0.3, -0.25) is 9.59 Å². The molecule has 3 N–H and O–H groups in total. The number of nitrogens with one attached hydrogen (secondary N) is 2. The molecule has 0 spiro atoms. The van der Waals surface area contributed by atoms with Gasteiger partial charge in [0.2, 0.25) is 5.91 Å². The lowest BCUT2D eigenvalue weighted by Gasteiger charge is -2.15. The fraction of sp³-hybridized carbons (Fsp3) is 0.167. The Morgan fingerprint density at radius 3 is 2.48 bits per heavy atom. The van der Waals surface area contributed by atoms with Gasteiger partial charge < -0.3 is 15.7 Å². The number of carbonyl (C=O) groups excluding carboxylic acids is 2. The lowest BCUT2D eigenvalue weighted by molar-refractivity contribution is -0.139. The van der Waals surface area contributed by atoms with Crippen LogP contribution in [0, 0.1) is 5.82 Å². The van der Waals surface area contributed by atoms with E-state index >= 15 is 0 Å². The second-order valence-corrected chi connectivity index (χ2v) is 5.46. The first-order chi connectivity index (χ1) is 11.8. The second-order valence-electron chi connectivity index (χ2n) is 5.46. The maximum atomic E-state index is 13.2. The van der Waals surface area contributed by atoms with Crippen LogP contribution >= 0.6 is 0 Å². The Bertz CT molecular complexity index is 807. The van der Waals surface area contributed by atoms with Gasteiger partial charge in [0.1, 0.15) is 11.9 Å². The standard InChI is InChI=1S/C18H17FN2O4/c1-11(22)20-15-7-3-5-13(10-15)17(23)21-16(18(24)25)9-12-4-2-6-14(19)8-12/h2-8,10,16H,9H2,1H3,(H,20,22)(H,21,23)(H,24,25)/t16-/m1/s1. The van der Waals surface area contributed by atoms with Crippen LogP contribution in [0.5, 0.6) is 0 Å². The molecule has 0 aromatic heterocycles. The molecule has 0 fully saturated rings. The molecule has 0 saturated carbocycles. The van der Waals surface area contributed by atoms with Gasteiger partial charge in [-0.05, 0) is 35.9 Å². The zero-order valence-corrected chi connectivity index (χ0v) is 13.5. The van der Waals surface area contributed by atoms with E-state index < -0.39 is 23.7 Å². The predicted molar refractivity (Wildman–Crippen MR) is 89.7 cm³/mol. The number of hydrogen-bond acceptors (Lipinski definition) is 3. The molecule has 2 rings (SSSR count). The Balaban J connectivity index is 2.12. The molecule has 0 aliphatic carbocycles. The van der Waals surface area contributed by atoms with Crippen LogP contribution in [-0.2, 0) is 16.0 Å². The number of rotatable bonds is 6. The molecule has 0 saturated heterocycles. The summed E-state index contributed by atoms with van der Waals surface area (Å²) in [6.45, 7) is 1.34. The summed E-state index contributed by atoms with van der Waals surface area (Å²) in [5.41, 5.74) is 1.09. The molecule has 0 heterocycles. The van der Waals surface area contributed by atoms with Gasteiger partial charge in [0, 0.05) is 24.6 Å². The third-order valence-corrected chi connectivity index (χ3v) is 3.38. The summed E-state index contributed by atoms with van der Waals surface area (Å²) in [6.07, 6.45) is -0.0514. The summed E-state index contributed by atoms with van der Waals surface area (Å²) in [7, 11) is 0. The molecule has 0 aliphatic heterocycles. The van der Waals surface area contributed by atoms with Crippen LogP contribution in [0.1, 0.15) is 22.8 Å². The zero-order chi connectivity index (χ0) is 18.4. The minimum atomic E-state index is -1.23. The van der Waals surface area contributed by atoms with E-state index in [-0.39, 0.29) is 17.9 Å². The summed E-state index contributed by atoms with van der Waals surface area (Å²) in [4.78, 5) is 34.8. The first-order valence-corrected chi connectivity index (χ1v) is 7.51. The van der Waals surface area contributed by atoms with E-state index in [2.05, 4.69) is 10.6 Å². The smallest absolute Gasteiger partial charge is 0.326 e. The second kappa shape index (κ2) is 8.05. The molecule has 25 heavy (non-hydrogen) atoms. The number of halogens is 1. The van der Waals surface area contributed by atoms with Crippen molar-refractivity contribution in [2.75, 3.05) is 5.32 Å². The van der Waals surface area contributed by atoms with Crippen LogP contribution in [0.2, 0.25) is 0 Å². The van der Waals surface area contributed by atoms with Crippen LogP contribution in [0.15, 0.2) is 48.5 Å². The molecule has 2 amide bonds. The van der Waals surface area contributed by atoms with Crippen molar-refractivity contribution in [2.24, 2.45) is 0 Å². The number of amides is 2. The molecule has 0 radical (unpaired) electrons. The highest BCUT2D eigenvalue weighted by Crippen LogP contribution is 2.12. The van der Waals surface area contributed by atoms with Crippen molar-refractivity contribution in [1.82, 2.24) is 5.32 Å². The van der Waals surface area contributed by atoms with Gasteiger partial charge in [0.15, 0.2) is 0 Å². The fourth-order valence-electron chi connectivity index (χ4n) is 2.28. The highest BCUT2D eigenvalue weighted by Gasteiger charge is 2.21. The summed E-state index contributed by atoms with van der Waals surface area (Å²) in [5.74, 6) is -2.59. The van der Waals surface area contributed by atoms with Gasteiger partial charge in [-0.2, -0.15) is 0 Å². The van der Waals surface area contributed by atoms with Gasteiger partial charge in [-0.25, -0.2) is 9.18 Å². The molecule has 0 aliphatic rings. The first kappa shape index (κ1) is 18.1. The Kier molecular flexibility index (Phi) is 5.84. The summed E-state index contributed by atoms with van der Waals surface area (Å²) >= 11 is 0. The van der Waals surface area contributed by atoms with Crippen molar-refractivity contribution < 1.29 is 23.9 Å². The number of aliphatic carboxylic acids is 1. The largest absolute Gasteiger partial charge is 0.480 e. The Hall–Kier alpha value is -3.22. The van der Waals surface area contributed by atoms with E-state index in [4.69, 9.17) is 0 Å². The van der Waals surface area contributed by atoms with Crippen LogP contribution < -0.4 is 10.6 Å². The van der Waals surface area contributed by atoms with E-state index in [9.17, 15) is 23.9 Å². The molecule has 0 bridgehead atoms. The lowest BCUT2D eigenvalue weighted by Crippen LogP contribution is -2.42. The number of carbonyl (C=O) groups is 3. The lowest BCUT2D eigenvalue weighted by atomic mass is 10.1. The van der Waals surface area contributed by atoms with Crippen molar-refractivity contribution in [2.45, 2.75) is 19.4 Å². The molecular weight excluding hydrogens is 327 g/mol. The third-order valence-electron chi connectivity index (χ3n) is 3.38. The van der Waals surface area contributed by atoms with Crippen LogP contribution in [0.3, 0.4) is 0 Å². The minimum absolute atomic E-state index is 0.0514. The molecule has 130 valence electrons. The van der Waals surface area contributed by atoms with Gasteiger partial charge in [-0.15, -0.1) is 0 Å². The average Bonchev–Trinajstić information content (AvgIpc) is 2.53. The molecule has 1 atom stereocenters. The number of carboxylic acids is 1. The normalized spacial score (nSPS) is 11.4. The van der Waals surface area contributed by atoms with E-state index in [0.717, 1.165) is 0 Å². The Morgan fingerprint density at radius 2 is 1.84 bits per heavy atom. The number of hydrogen-bond donors (Lipinski definition) is 3. The monoisotopic (exact) mass is 344 g/mol. The molecule has 6 nitrogen and oxygen atoms in total. The van der Waals surface area contributed by atoms with E-state index in [1.54, 1.807) is 18.2 Å². The van der Waals surface area contributed by atoms with Crippen molar-refractivity contribution in [1.29, 1.82) is 0 Å². The zero-order valence-electron chi connectivity index (χ0n) is 13.5. The number of carboxylic acid groups (broad SMARTS) is 1. The average molecular weight is 344 g/mol. The fourth-order valence-corrected chi connectivity index (χ4v) is 2.28. The number of benzene rings is 2. The van der Waals surface area contributed by atoms with Crippen molar-refractivity contribution in [3.05, 3.63) is 65.5 Å². The van der Waals surface area contributed by atoms with Crippen molar-refractivity contribution in [3.63, 3.8) is 0 Å². The maximum Gasteiger partial charge on any atom is 0.326 e.